The molecule has 0 aliphatic heterocycles. The van der Waals surface area contributed by atoms with Crippen molar-refractivity contribution in [3.05, 3.63) is 68.7 Å². The molecule has 0 saturated heterocycles. The van der Waals surface area contributed by atoms with Gasteiger partial charge < -0.3 is 10.1 Å². The molecule has 0 saturated carbocycles. The van der Waals surface area contributed by atoms with Gasteiger partial charge in [-0.15, -0.1) is 6.42 Å². The molecule has 0 aromatic heterocycles. The number of benzene rings is 2. The first-order valence-corrected chi connectivity index (χ1v) is 7.86. The smallest absolute Gasteiger partial charge is 0.271 e. The van der Waals surface area contributed by atoms with Crippen molar-refractivity contribution >= 4 is 35.0 Å². The van der Waals surface area contributed by atoms with Gasteiger partial charge in [0.1, 0.15) is 24.0 Å². The molecule has 0 bridgehead atoms. The number of terminal acetylenes is 1. The Kier molecular flexibility index (Phi) is 6.54. The normalized spacial score (nSPS) is 10.4. The van der Waals surface area contributed by atoms with E-state index < -0.39 is 10.8 Å². The molecule has 0 atom stereocenters. The van der Waals surface area contributed by atoms with Crippen molar-refractivity contribution in [2.24, 2.45) is 0 Å². The zero-order valence-corrected chi connectivity index (χ0v) is 14.6. The largest absolute Gasteiger partial charge is 0.479 e. The summed E-state index contributed by atoms with van der Waals surface area (Å²) in [5.41, 5.74) is 0.324. The number of ether oxygens (including phenoxy) is 1. The Balaban J connectivity index is 2.20. The number of carbonyl (C=O) groups is 1. The first kappa shape index (κ1) is 19.5. The third kappa shape index (κ3) is 5.33. The van der Waals surface area contributed by atoms with E-state index in [9.17, 15) is 20.2 Å². The number of amides is 1. The van der Waals surface area contributed by atoms with Gasteiger partial charge in [0.2, 0.25) is 0 Å². The maximum absolute atomic E-state index is 12.3. The monoisotopic (exact) mass is 381 g/mol. The van der Waals surface area contributed by atoms with Crippen molar-refractivity contribution in [1.82, 2.24) is 0 Å². The Morgan fingerprint density at radius 2 is 2.15 bits per heavy atom. The van der Waals surface area contributed by atoms with Crippen molar-refractivity contribution in [3.63, 3.8) is 0 Å². The third-order valence-electron chi connectivity index (χ3n) is 3.26. The molecule has 0 aliphatic carbocycles. The summed E-state index contributed by atoms with van der Waals surface area (Å²) in [6.45, 7) is 0.0595. The standard InChI is InChI=1S/C19H12ClN3O4/c1-2-8-27-18-7-6-13(10-17(18)20)9-14(12-21)19(24)22-15-4-3-5-16(11-15)23(25)26/h1,3-7,9-11H,8H2,(H,22,24)/b14-9+. The molecule has 7 nitrogen and oxygen atoms in total. The highest BCUT2D eigenvalue weighted by atomic mass is 35.5. The summed E-state index contributed by atoms with van der Waals surface area (Å²) in [6.07, 6.45) is 6.45. The molecule has 1 amide bonds. The topological polar surface area (TPSA) is 105 Å². The average Bonchev–Trinajstić information content (AvgIpc) is 2.65. The lowest BCUT2D eigenvalue weighted by molar-refractivity contribution is -0.384. The second kappa shape index (κ2) is 9.04. The minimum Gasteiger partial charge on any atom is -0.479 e. The summed E-state index contributed by atoms with van der Waals surface area (Å²) in [6, 6.07) is 11.9. The fraction of sp³-hybridized carbons (Fsp3) is 0.0526. The average molecular weight is 382 g/mol. The molecule has 2 rings (SSSR count). The van der Waals surface area contributed by atoms with Crippen molar-refractivity contribution in [3.8, 4) is 24.2 Å². The number of hydrogen-bond donors (Lipinski definition) is 1. The van der Waals surface area contributed by atoms with Crippen LogP contribution in [-0.2, 0) is 4.79 Å². The minimum absolute atomic E-state index is 0.0595. The molecular weight excluding hydrogens is 370 g/mol. The van der Waals surface area contributed by atoms with Crippen molar-refractivity contribution in [2.75, 3.05) is 11.9 Å². The number of nitriles is 1. The predicted molar refractivity (Wildman–Crippen MR) is 101 cm³/mol. The van der Waals surface area contributed by atoms with E-state index in [1.165, 1.54) is 36.4 Å². The molecule has 0 unspecified atom stereocenters. The van der Waals surface area contributed by atoms with Gasteiger partial charge in [0.05, 0.1) is 9.95 Å². The highest BCUT2D eigenvalue weighted by Crippen LogP contribution is 2.26. The van der Waals surface area contributed by atoms with E-state index in [2.05, 4.69) is 11.2 Å². The SMILES string of the molecule is C#CCOc1ccc(/C=C(\C#N)C(=O)Nc2cccc([N+](=O)[O-])c2)cc1Cl. The van der Waals surface area contributed by atoms with E-state index in [1.807, 2.05) is 0 Å². The van der Waals surface area contributed by atoms with E-state index >= 15 is 0 Å². The zero-order valence-electron chi connectivity index (χ0n) is 13.8. The third-order valence-corrected chi connectivity index (χ3v) is 3.55. The lowest BCUT2D eigenvalue weighted by atomic mass is 10.1. The summed E-state index contributed by atoms with van der Waals surface area (Å²) >= 11 is 6.08. The van der Waals surface area contributed by atoms with Gasteiger partial charge in [-0.3, -0.25) is 14.9 Å². The summed E-state index contributed by atoms with van der Waals surface area (Å²) in [4.78, 5) is 22.5. The summed E-state index contributed by atoms with van der Waals surface area (Å²) in [7, 11) is 0. The molecule has 2 aromatic rings. The summed E-state index contributed by atoms with van der Waals surface area (Å²) in [5.74, 6) is 1.99. The summed E-state index contributed by atoms with van der Waals surface area (Å²) in [5, 5.41) is 22.8. The van der Waals surface area contributed by atoms with Crippen molar-refractivity contribution in [1.29, 1.82) is 5.26 Å². The lowest BCUT2D eigenvalue weighted by Gasteiger charge is -2.06. The Morgan fingerprint density at radius 3 is 2.78 bits per heavy atom. The van der Waals surface area contributed by atoms with Crippen LogP contribution in [0.25, 0.3) is 6.08 Å². The number of carbonyl (C=O) groups excluding carboxylic acids is 1. The first-order valence-electron chi connectivity index (χ1n) is 7.48. The van der Waals surface area contributed by atoms with Crippen LogP contribution < -0.4 is 10.1 Å². The molecule has 8 heteroatoms. The van der Waals surface area contributed by atoms with Crippen molar-refractivity contribution < 1.29 is 14.5 Å². The molecule has 0 spiro atoms. The van der Waals surface area contributed by atoms with E-state index in [0.717, 1.165) is 0 Å². The molecule has 0 aliphatic rings. The molecule has 134 valence electrons. The van der Waals surface area contributed by atoms with Crippen LogP contribution in [0.3, 0.4) is 0 Å². The maximum atomic E-state index is 12.3. The molecule has 2 aromatic carbocycles. The Bertz CT molecular complexity index is 1000. The fourth-order valence-electron chi connectivity index (χ4n) is 2.05. The molecule has 0 heterocycles. The Hall–Kier alpha value is -3.81. The van der Waals surface area contributed by atoms with Gasteiger partial charge in [-0.1, -0.05) is 29.7 Å². The lowest BCUT2D eigenvalue weighted by Crippen LogP contribution is -2.13. The molecule has 0 fully saturated rings. The van der Waals surface area contributed by atoms with Gasteiger partial charge in [0.25, 0.3) is 11.6 Å². The number of halogens is 1. The van der Waals surface area contributed by atoms with Gasteiger partial charge in [0, 0.05) is 17.8 Å². The van der Waals surface area contributed by atoms with Crippen LogP contribution >= 0.6 is 11.6 Å². The van der Waals surface area contributed by atoms with E-state index in [4.69, 9.17) is 22.8 Å². The highest BCUT2D eigenvalue weighted by molar-refractivity contribution is 6.32. The second-order valence-corrected chi connectivity index (χ2v) is 5.52. The number of anilines is 1. The quantitative estimate of drug-likeness (QED) is 0.269. The van der Waals surface area contributed by atoms with Crippen molar-refractivity contribution in [2.45, 2.75) is 0 Å². The van der Waals surface area contributed by atoms with E-state index in [-0.39, 0.29) is 28.6 Å². The van der Waals surface area contributed by atoms with Crippen LogP contribution in [0.2, 0.25) is 5.02 Å². The summed E-state index contributed by atoms with van der Waals surface area (Å²) < 4.78 is 5.24. The predicted octanol–water partition coefficient (Wildman–Crippen LogP) is 3.81. The molecule has 0 radical (unpaired) electrons. The number of nitrogens with zero attached hydrogens (tertiary/aromatic N) is 2. The maximum Gasteiger partial charge on any atom is 0.271 e. The number of non-ortho nitro benzene ring substituents is 1. The molecular formula is C19H12ClN3O4. The van der Waals surface area contributed by atoms with Gasteiger partial charge in [-0.05, 0) is 29.8 Å². The van der Waals surface area contributed by atoms with E-state index in [0.29, 0.717) is 11.3 Å². The van der Waals surface area contributed by atoms with Crippen LogP contribution in [0, 0.1) is 33.8 Å². The number of nitro groups is 1. The number of nitrogens with one attached hydrogen (secondary N) is 1. The fourth-order valence-corrected chi connectivity index (χ4v) is 2.30. The van der Waals surface area contributed by atoms with Crippen LogP contribution in [0.4, 0.5) is 11.4 Å². The van der Waals surface area contributed by atoms with Gasteiger partial charge >= 0.3 is 0 Å². The van der Waals surface area contributed by atoms with Crippen LogP contribution in [0.15, 0.2) is 48.0 Å². The van der Waals surface area contributed by atoms with Gasteiger partial charge in [0.15, 0.2) is 0 Å². The second-order valence-electron chi connectivity index (χ2n) is 5.11. The van der Waals surface area contributed by atoms with Crippen LogP contribution in [0.5, 0.6) is 5.75 Å². The Morgan fingerprint density at radius 1 is 1.37 bits per heavy atom. The Labute approximate surface area is 160 Å². The number of nitro benzene ring substituents is 1. The molecule has 1 N–H and O–H groups in total. The van der Waals surface area contributed by atoms with Gasteiger partial charge in [-0.25, -0.2) is 0 Å². The first-order chi connectivity index (χ1) is 12.9. The van der Waals surface area contributed by atoms with Crippen LogP contribution in [0.1, 0.15) is 5.56 Å². The van der Waals surface area contributed by atoms with Crippen LogP contribution in [-0.4, -0.2) is 17.4 Å². The minimum atomic E-state index is -0.707. The zero-order chi connectivity index (χ0) is 19.8. The highest BCUT2D eigenvalue weighted by Gasteiger charge is 2.12. The number of rotatable bonds is 6. The van der Waals surface area contributed by atoms with Gasteiger partial charge in [-0.2, -0.15) is 5.26 Å². The number of hydrogen-bond acceptors (Lipinski definition) is 5. The van der Waals surface area contributed by atoms with E-state index in [1.54, 1.807) is 18.2 Å². The molecule has 27 heavy (non-hydrogen) atoms.